The van der Waals surface area contributed by atoms with Gasteiger partial charge in [0.2, 0.25) is 5.91 Å². The number of halogens is 2. The topological polar surface area (TPSA) is 122 Å². The van der Waals surface area contributed by atoms with E-state index in [1.807, 2.05) is 0 Å². The minimum Gasteiger partial charge on any atom is -0.497 e. The Labute approximate surface area is 236 Å². The molecule has 0 aliphatic rings. The molecule has 40 heavy (non-hydrogen) atoms. The van der Waals surface area contributed by atoms with Gasteiger partial charge in [0.15, 0.2) is 0 Å². The summed E-state index contributed by atoms with van der Waals surface area (Å²) in [6, 6.07) is 21.8. The number of ether oxygens (including phenoxy) is 1. The molecule has 0 bridgehead atoms. The lowest BCUT2D eigenvalue weighted by molar-refractivity contribution is -0.114. The van der Waals surface area contributed by atoms with E-state index < -0.39 is 38.3 Å². The summed E-state index contributed by atoms with van der Waals surface area (Å²) < 4.78 is 74.2. The zero-order valence-corrected chi connectivity index (χ0v) is 23.3. The van der Waals surface area contributed by atoms with Gasteiger partial charge in [0.1, 0.15) is 18.1 Å². The normalized spacial score (nSPS) is 11.5. The molecule has 2 N–H and O–H groups in total. The van der Waals surface area contributed by atoms with Gasteiger partial charge in [0.05, 0.1) is 28.3 Å². The number of amides is 1. The molecule has 0 radical (unpaired) electrons. The van der Waals surface area contributed by atoms with E-state index in [4.69, 9.17) is 16.3 Å². The fraction of sp³-hybridized carbons (Fsp3) is 0.0741. The standard InChI is InChI=1S/C27H23ClFN3O6S2/c1-38-24-11-15-26(16-12-24)40(36,37)32(23-9-5-20(29)6-10-23)18-27(33)30-21-7-13-25(14-8-21)39(34,35)31-22-4-2-3-19(28)17-22/h2-17,31H,18H2,1H3,(H,30,33). The number of anilines is 3. The summed E-state index contributed by atoms with van der Waals surface area (Å²) in [7, 11) is -6.74. The second-order valence-electron chi connectivity index (χ2n) is 8.35. The first-order chi connectivity index (χ1) is 19.0. The van der Waals surface area contributed by atoms with E-state index in [2.05, 4.69) is 10.0 Å². The smallest absolute Gasteiger partial charge is 0.264 e. The Kier molecular flexibility index (Phi) is 8.62. The molecule has 0 aliphatic heterocycles. The van der Waals surface area contributed by atoms with Gasteiger partial charge in [-0.2, -0.15) is 0 Å². The summed E-state index contributed by atoms with van der Waals surface area (Å²) in [5.41, 5.74) is 0.581. The number of hydrogen-bond acceptors (Lipinski definition) is 6. The summed E-state index contributed by atoms with van der Waals surface area (Å²) in [4.78, 5) is 12.8. The number of sulfonamides is 2. The van der Waals surface area contributed by atoms with E-state index in [9.17, 15) is 26.0 Å². The molecular formula is C27H23ClFN3O6S2. The summed E-state index contributed by atoms with van der Waals surface area (Å²) >= 11 is 5.91. The first-order valence-electron chi connectivity index (χ1n) is 11.6. The van der Waals surface area contributed by atoms with E-state index in [0.717, 1.165) is 16.4 Å². The molecule has 208 valence electrons. The molecule has 0 heterocycles. The number of methoxy groups -OCH3 is 1. The predicted molar refractivity (Wildman–Crippen MR) is 151 cm³/mol. The van der Waals surface area contributed by atoms with E-state index in [1.54, 1.807) is 18.2 Å². The first kappa shape index (κ1) is 28.9. The number of carbonyl (C=O) groups is 1. The zero-order chi connectivity index (χ0) is 28.9. The van der Waals surface area contributed by atoms with Crippen molar-refractivity contribution < 1.29 is 30.8 Å². The van der Waals surface area contributed by atoms with Crippen molar-refractivity contribution in [1.82, 2.24) is 0 Å². The maximum atomic E-state index is 13.5. The van der Waals surface area contributed by atoms with Gasteiger partial charge in [-0.15, -0.1) is 0 Å². The summed E-state index contributed by atoms with van der Waals surface area (Å²) in [5.74, 6) is -0.845. The molecule has 0 saturated heterocycles. The molecule has 0 spiro atoms. The highest BCUT2D eigenvalue weighted by atomic mass is 35.5. The van der Waals surface area contributed by atoms with Crippen molar-refractivity contribution in [2.75, 3.05) is 28.0 Å². The number of hydrogen-bond donors (Lipinski definition) is 2. The number of benzene rings is 4. The minimum atomic E-state index is -4.24. The van der Waals surface area contributed by atoms with Crippen LogP contribution in [0.25, 0.3) is 0 Å². The number of nitrogens with one attached hydrogen (secondary N) is 2. The molecular weight excluding hydrogens is 581 g/mol. The average Bonchev–Trinajstić information content (AvgIpc) is 2.92. The van der Waals surface area contributed by atoms with Crippen LogP contribution in [0.2, 0.25) is 5.02 Å². The Bertz CT molecular complexity index is 1720. The largest absolute Gasteiger partial charge is 0.497 e. The highest BCUT2D eigenvalue weighted by molar-refractivity contribution is 7.93. The number of nitrogens with zero attached hydrogens (tertiary/aromatic N) is 1. The molecule has 13 heteroatoms. The maximum absolute atomic E-state index is 13.5. The van der Waals surface area contributed by atoms with Gasteiger partial charge in [-0.25, -0.2) is 21.2 Å². The Balaban J connectivity index is 1.53. The van der Waals surface area contributed by atoms with Crippen molar-refractivity contribution in [2.24, 2.45) is 0 Å². The van der Waals surface area contributed by atoms with Gasteiger partial charge >= 0.3 is 0 Å². The number of rotatable bonds is 10. The van der Waals surface area contributed by atoms with E-state index in [1.165, 1.54) is 73.8 Å². The van der Waals surface area contributed by atoms with Crippen LogP contribution in [0.3, 0.4) is 0 Å². The van der Waals surface area contributed by atoms with Crippen LogP contribution in [0, 0.1) is 5.82 Å². The highest BCUT2D eigenvalue weighted by Crippen LogP contribution is 2.26. The van der Waals surface area contributed by atoms with Crippen LogP contribution in [0.15, 0.2) is 107 Å². The van der Waals surface area contributed by atoms with Gasteiger partial charge in [-0.3, -0.25) is 13.8 Å². The van der Waals surface area contributed by atoms with Crippen LogP contribution in [-0.2, 0) is 24.8 Å². The third kappa shape index (κ3) is 6.89. The van der Waals surface area contributed by atoms with Crippen LogP contribution >= 0.6 is 11.6 Å². The predicted octanol–water partition coefficient (Wildman–Crippen LogP) is 5.12. The van der Waals surface area contributed by atoms with Crippen LogP contribution in [-0.4, -0.2) is 36.4 Å². The van der Waals surface area contributed by atoms with Crippen molar-refractivity contribution in [1.29, 1.82) is 0 Å². The average molecular weight is 604 g/mol. The van der Waals surface area contributed by atoms with Gasteiger partial charge in [-0.1, -0.05) is 17.7 Å². The summed E-state index contributed by atoms with van der Waals surface area (Å²) in [6.07, 6.45) is 0. The summed E-state index contributed by atoms with van der Waals surface area (Å²) in [6.45, 7) is -0.642. The third-order valence-corrected chi connectivity index (χ3v) is 8.99. The van der Waals surface area contributed by atoms with Crippen LogP contribution in [0.1, 0.15) is 0 Å². The molecule has 0 atom stereocenters. The van der Waals surface area contributed by atoms with Gasteiger partial charge in [-0.05, 0) is 91.0 Å². The molecule has 9 nitrogen and oxygen atoms in total. The Morgan fingerprint density at radius 3 is 2.08 bits per heavy atom. The van der Waals surface area contributed by atoms with Gasteiger partial charge in [0.25, 0.3) is 20.0 Å². The quantitative estimate of drug-likeness (QED) is 0.259. The van der Waals surface area contributed by atoms with E-state index >= 15 is 0 Å². The van der Waals surface area contributed by atoms with Gasteiger partial charge in [0, 0.05) is 10.7 Å². The maximum Gasteiger partial charge on any atom is 0.264 e. The minimum absolute atomic E-state index is 0.0690. The number of carbonyl (C=O) groups excluding carboxylic acids is 1. The Morgan fingerprint density at radius 2 is 1.48 bits per heavy atom. The monoisotopic (exact) mass is 603 g/mol. The van der Waals surface area contributed by atoms with Crippen LogP contribution in [0.4, 0.5) is 21.5 Å². The molecule has 0 aromatic heterocycles. The molecule has 0 unspecified atom stereocenters. The molecule has 4 aromatic rings. The Hall–Kier alpha value is -4.13. The fourth-order valence-corrected chi connectivity index (χ4v) is 6.27. The van der Waals surface area contributed by atoms with E-state index in [0.29, 0.717) is 10.8 Å². The molecule has 0 fully saturated rings. The van der Waals surface area contributed by atoms with Crippen molar-refractivity contribution in [2.45, 2.75) is 9.79 Å². The summed E-state index contributed by atoms with van der Waals surface area (Å²) in [5, 5.41) is 2.92. The first-order valence-corrected chi connectivity index (χ1v) is 14.9. The van der Waals surface area contributed by atoms with Gasteiger partial charge < -0.3 is 10.1 Å². The Morgan fingerprint density at radius 1 is 0.850 bits per heavy atom. The second-order valence-corrected chi connectivity index (χ2v) is 12.3. The lowest BCUT2D eigenvalue weighted by atomic mass is 10.3. The van der Waals surface area contributed by atoms with Crippen LogP contribution in [0.5, 0.6) is 5.75 Å². The fourth-order valence-electron chi connectivity index (χ4n) is 3.61. The third-order valence-electron chi connectivity index (χ3n) is 5.57. The van der Waals surface area contributed by atoms with Crippen molar-refractivity contribution in [3.8, 4) is 5.75 Å². The molecule has 1 amide bonds. The highest BCUT2D eigenvalue weighted by Gasteiger charge is 2.27. The lowest BCUT2D eigenvalue weighted by Gasteiger charge is -2.24. The zero-order valence-electron chi connectivity index (χ0n) is 20.9. The van der Waals surface area contributed by atoms with Crippen molar-refractivity contribution in [3.63, 3.8) is 0 Å². The van der Waals surface area contributed by atoms with E-state index in [-0.39, 0.29) is 26.9 Å². The molecule has 0 aliphatic carbocycles. The second kappa shape index (κ2) is 11.9. The SMILES string of the molecule is COc1ccc(S(=O)(=O)N(CC(=O)Nc2ccc(S(=O)(=O)Nc3cccc(Cl)c3)cc2)c2ccc(F)cc2)cc1. The van der Waals surface area contributed by atoms with Crippen LogP contribution < -0.4 is 19.1 Å². The molecule has 0 saturated carbocycles. The molecule has 4 rings (SSSR count). The lowest BCUT2D eigenvalue weighted by Crippen LogP contribution is -2.38. The van der Waals surface area contributed by atoms with Crippen molar-refractivity contribution in [3.05, 3.63) is 108 Å². The van der Waals surface area contributed by atoms with Crippen molar-refractivity contribution >= 4 is 54.6 Å². The molecule has 4 aromatic carbocycles.